The highest BCUT2D eigenvalue weighted by Crippen LogP contribution is 2.59. The van der Waals surface area contributed by atoms with Gasteiger partial charge in [-0.15, -0.1) is 0 Å². The first kappa shape index (κ1) is 33.9. The number of anilines is 1. The van der Waals surface area contributed by atoms with E-state index in [1.807, 2.05) is 53.4 Å². The number of nitrogens with zero attached hydrogens (tertiary/aromatic N) is 4. The van der Waals surface area contributed by atoms with Crippen molar-refractivity contribution in [1.29, 1.82) is 5.26 Å². The summed E-state index contributed by atoms with van der Waals surface area (Å²) in [4.78, 5) is 47.8. The third-order valence-electron chi connectivity index (χ3n) is 8.87. The molecule has 14 heteroatoms. The highest BCUT2D eigenvalue weighted by atomic mass is 79.9. The molecule has 1 spiro atoms. The van der Waals surface area contributed by atoms with E-state index in [4.69, 9.17) is 14.2 Å². The molecule has 3 aliphatic heterocycles. The molecule has 3 aromatic carbocycles. The lowest BCUT2D eigenvalue weighted by molar-refractivity contribution is -0.144. The summed E-state index contributed by atoms with van der Waals surface area (Å²) in [7, 11) is -3.44. The summed E-state index contributed by atoms with van der Waals surface area (Å²) in [5.74, 6) is -2.78. The second-order valence-corrected chi connectivity index (χ2v) is 14.2. The van der Waals surface area contributed by atoms with E-state index in [9.17, 15) is 28.1 Å². The number of aliphatic imine (C=N–C) groups is 1. The van der Waals surface area contributed by atoms with Gasteiger partial charge in [0.05, 0.1) is 53.9 Å². The van der Waals surface area contributed by atoms with E-state index in [-0.39, 0.29) is 48.0 Å². The van der Waals surface area contributed by atoms with Crippen LogP contribution in [0.1, 0.15) is 37.0 Å². The van der Waals surface area contributed by atoms with Crippen molar-refractivity contribution in [3.8, 4) is 6.07 Å². The molecule has 0 amide bonds. The lowest BCUT2D eigenvalue weighted by atomic mass is 9.69. The average Bonchev–Trinajstić information content (AvgIpc) is 3.60. The lowest BCUT2D eigenvalue weighted by Gasteiger charge is -2.40. The van der Waals surface area contributed by atoms with Gasteiger partial charge in [0.15, 0.2) is 5.70 Å². The Bertz CT molecular complexity index is 2060. The average molecular weight is 748 g/mol. The number of methoxy groups -OCH3 is 1. The molecule has 1 fully saturated rings. The number of hydrogen-bond donors (Lipinski definition) is 0. The van der Waals surface area contributed by atoms with Gasteiger partial charge in [0.1, 0.15) is 11.9 Å². The zero-order valence-electron chi connectivity index (χ0n) is 26.8. The van der Waals surface area contributed by atoms with E-state index in [1.54, 1.807) is 19.9 Å². The molecular formula is C35H31BrN4O8S. The Morgan fingerprint density at radius 1 is 0.980 bits per heavy atom. The number of nitriles is 1. The van der Waals surface area contributed by atoms with Gasteiger partial charge in [-0.1, -0.05) is 46.3 Å². The number of hydrogen-bond acceptors (Lipinski definition) is 11. The molecule has 0 unspecified atom stereocenters. The first-order valence-electron chi connectivity index (χ1n) is 15.4. The predicted molar refractivity (Wildman–Crippen MR) is 181 cm³/mol. The summed E-state index contributed by atoms with van der Waals surface area (Å²) in [5, 5.41) is 9.33. The molecule has 0 N–H and O–H groups in total. The molecule has 1 saturated heterocycles. The van der Waals surface area contributed by atoms with Crippen molar-refractivity contribution in [2.45, 2.75) is 49.2 Å². The van der Waals surface area contributed by atoms with Crippen LogP contribution in [0.15, 0.2) is 98.4 Å². The molecule has 252 valence electrons. The fourth-order valence-electron chi connectivity index (χ4n) is 6.94. The Morgan fingerprint density at radius 2 is 1.63 bits per heavy atom. The third kappa shape index (κ3) is 5.47. The number of ether oxygens (including phenoxy) is 3. The SMILES string of the molecule is CCOC(=O)C1=C(C(=O)OCC)[C@@H]2N(Cc3ccc(Br)cc3)c3ccccc3[C@@]23C[C@@H](C(=O)OC)N(S(=O)(=O)c2ccc(C#N)cc2)C3=N1. The van der Waals surface area contributed by atoms with Crippen LogP contribution >= 0.6 is 15.9 Å². The molecule has 12 nitrogen and oxygen atoms in total. The first-order valence-corrected chi connectivity index (χ1v) is 17.7. The number of carbonyl (C=O) groups excluding carboxylic acids is 3. The van der Waals surface area contributed by atoms with Gasteiger partial charge in [-0.25, -0.2) is 32.1 Å². The highest BCUT2D eigenvalue weighted by Gasteiger charge is 2.68. The van der Waals surface area contributed by atoms with Crippen LogP contribution in [0.25, 0.3) is 0 Å². The molecule has 0 saturated carbocycles. The lowest BCUT2D eigenvalue weighted by Crippen LogP contribution is -2.55. The minimum Gasteiger partial charge on any atom is -0.467 e. The van der Waals surface area contributed by atoms with Gasteiger partial charge in [-0.2, -0.15) is 5.26 Å². The largest absolute Gasteiger partial charge is 0.467 e. The Labute approximate surface area is 291 Å². The van der Waals surface area contributed by atoms with Gasteiger partial charge < -0.3 is 19.1 Å². The minimum atomic E-state index is -4.60. The number of carbonyl (C=O) groups is 3. The second kappa shape index (κ2) is 13.1. The van der Waals surface area contributed by atoms with Gasteiger partial charge in [0.25, 0.3) is 10.0 Å². The van der Waals surface area contributed by atoms with Gasteiger partial charge in [0.2, 0.25) is 0 Å². The summed E-state index contributed by atoms with van der Waals surface area (Å²) in [5.41, 5.74) is 0.348. The van der Waals surface area contributed by atoms with Crippen LogP contribution in [0.3, 0.4) is 0 Å². The summed E-state index contributed by atoms with van der Waals surface area (Å²) in [6, 6.07) is 19.5. The fraction of sp³-hybridized carbons (Fsp3) is 0.286. The van der Waals surface area contributed by atoms with Crippen LogP contribution in [0.2, 0.25) is 0 Å². The highest BCUT2D eigenvalue weighted by molar-refractivity contribution is 9.10. The molecule has 3 heterocycles. The van der Waals surface area contributed by atoms with Crippen molar-refractivity contribution in [3.05, 3.63) is 105 Å². The molecule has 3 aliphatic rings. The zero-order chi connectivity index (χ0) is 35.1. The number of esters is 3. The van der Waals surface area contributed by atoms with Gasteiger partial charge in [-0.3, -0.25) is 0 Å². The molecule has 3 aromatic rings. The van der Waals surface area contributed by atoms with Crippen LogP contribution in [-0.2, 0) is 50.6 Å². The summed E-state index contributed by atoms with van der Waals surface area (Å²) < 4.78 is 47.1. The van der Waals surface area contributed by atoms with E-state index in [2.05, 4.69) is 20.9 Å². The van der Waals surface area contributed by atoms with Crippen molar-refractivity contribution in [2.24, 2.45) is 4.99 Å². The number of para-hydroxylation sites is 1. The first-order chi connectivity index (χ1) is 23.5. The maximum absolute atomic E-state index is 14.7. The predicted octanol–water partition coefficient (Wildman–Crippen LogP) is 4.38. The number of sulfonamides is 1. The normalized spacial score (nSPS) is 20.8. The van der Waals surface area contributed by atoms with Crippen molar-refractivity contribution in [3.63, 3.8) is 0 Å². The summed E-state index contributed by atoms with van der Waals surface area (Å²) >= 11 is 3.47. The summed E-state index contributed by atoms with van der Waals surface area (Å²) in [6.07, 6.45) is -0.175. The Hall–Kier alpha value is -5.00. The van der Waals surface area contributed by atoms with Crippen LogP contribution in [0, 0.1) is 11.3 Å². The van der Waals surface area contributed by atoms with Crippen molar-refractivity contribution in [1.82, 2.24) is 4.31 Å². The zero-order valence-corrected chi connectivity index (χ0v) is 29.2. The Balaban J connectivity index is 1.69. The number of rotatable bonds is 9. The maximum Gasteiger partial charge on any atom is 0.357 e. The van der Waals surface area contributed by atoms with E-state index < -0.39 is 51.1 Å². The van der Waals surface area contributed by atoms with E-state index in [0.717, 1.165) is 21.5 Å². The molecular weight excluding hydrogens is 716 g/mol. The second-order valence-electron chi connectivity index (χ2n) is 11.5. The van der Waals surface area contributed by atoms with E-state index in [0.29, 0.717) is 11.3 Å². The van der Waals surface area contributed by atoms with Crippen LogP contribution in [-0.4, -0.2) is 68.9 Å². The van der Waals surface area contributed by atoms with Gasteiger partial charge in [0, 0.05) is 16.7 Å². The number of benzene rings is 3. The Morgan fingerprint density at radius 3 is 2.27 bits per heavy atom. The van der Waals surface area contributed by atoms with Gasteiger partial charge >= 0.3 is 17.9 Å². The molecule has 0 radical (unpaired) electrons. The summed E-state index contributed by atoms with van der Waals surface area (Å²) in [6.45, 7) is 3.39. The van der Waals surface area contributed by atoms with E-state index in [1.165, 1.54) is 24.3 Å². The number of fused-ring (bicyclic) bond motifs is 1. The van der Waals surface area contributed by atoms with Crippen LogP contribution in [0.5, 0.6) is 0 Å². The smallest absolute Gasteiger partial charge is 0.357 e. The Kier molecular flexibility index (Phi) is 9.08. The van der Waals surface area contributed by atoms with Crippen molar-refractivity contribution < 1.29 is 37.0 Å². The molecule has 49 heavy (non-hydrogen) atoms. The quantitative estimate of drug-likeness (QED) is 0.228. The maximum atomic E-state index is 14.7. The minimum absolute atomic E-state index is 0.0155. The van der Waals surface area contributed by atoms with Crippen molar-refractivity contribution >= 4 is 55.4 Å². The van der Waals surface area contributed by atoms with Gasteiger partial charge in [-0.05, 0) is 73.9 Å². The topological polar surface area (TPSA) is 156 Å². The van der Waals surface area contributed by atoms with Crippen molar-refractivity contribution in [2.75, 3.05) is 25.2 Å². The molecule has 0 aliphatic carbocycles. The monoisotopic (exact) mass is 746 g/mol. The third-order valence-corrected chi connectivity index (χ3v) is 11.2. The fourth-order valence-corrected chi connectivity index (χ4v) is 8.83. The molecule has 0 bridgehead atoms. The molecule has 6 rings (SSSR count). The van der Waals surface area contributed by atoms with Crippen LogP contribution < -0.4 is 4.90 Å². The molecule has 3 atom stereocenters. The van der Waals surface area contributed by atoms with E-state index >= 15 is 0 Å². The number of halogens is 1. The molecule has 0 aromatic heterocycles. The van der Waals surface area contributed by atoms with Crippen LogP contribution in [0.4, 0.5) is 5.69 Å². The number of amidine groups is 1. The standard InChI is InChI=1S/C35H31BrN4O8S/c1-4-47-32(42)28-29(33(43)48-5-2)38-34-35(18-27(31(41)46-3)40(34)49(44,45)24-16-12-21(19-37)13-17-24)25-8-6-7-9-26(25)39(30(28)35)20-22-10-14-23(36)15-11-22/h6-17,27,30H,4-5,18,20H2,1-3H3/t27-,30-,35-/m0/s1.